The predicted octanol–water partition coefficient (Wildman–Crippen LogP) is -0.767. The van der Waals surface area contributed by atoms with Gasteiger partial charge in [-0.25, -0.2) is 0 Å². The van der Waals surface area contributed by atoms with Crippen molar-refractivity contribution in [2.75, 3.05) is 0 Å². The average molecular weight is 501 g/mol. The smallest absolute Gasteiger partial charge is 0 e. The molecule has 22 valence electrons. The molecule has 0 aromatic heterocycles. The van der Waals surface area contributed by atoms with E-state index in [1.807, 2.05) is 0 Å². The summed E-state index contributed by atoms with van der Waals surface area (Å²) in [5, 5.41) is 0. The quantitative estimate of drug-likeness (QED) is 0.384. The van der Waals surface area contributed by atoms with Crippen molar-refractivity contribution in [1.29, 1.82) is 0 Å². The molecule has 0 saturated carbocycles. The molecule has 8 radical (unpaired) electrons. The van der Waals surface area contributed by atoms with Crippen molar-refractivity contribution in [2.45, 2.75) is 0 Å². The number of rotatable bonds is 0. The summed E-state index contributed by atoms with van der Waals surface area (Å²) in [5.74, 6) is 0. The second-order valence-corrected chi connectivity index (χ2v) is 0. The summed E-state index contributed by atoms with van der Waals surface area (Å²) < 4.78 is 0. The Labute approximate surface area is 90.2 Å². The van der Waals surface area contributed by atoms with Gasteiger partial charge in [-0.1, -0.05) is 0 Å². The Morgan fingerprint density at radius 1 is 1.00 bits per heavy atom. The fourth-order valence-electron chi connectivity index (χ4n) is 0. The van der Waals surface area contributed by atoms with Crippen molar-refractivity contribution >= 4 is 50.1 Å². The third-order valence-electron chi connectivity index (χ3n) is 0. The van der Waals surface area contributed by atoms with Crippen LogP contribution in [0.15, 0.2) is 0 Å². The van der Waals surface area contributed by atoms with Gasteiger partial charge in [-0.3, -0.25) is 0 Å². The molecule has 0 heterocycles. The van der Waals surface area contributed by atoms with Gasteiger partial charge in [-0.15, -0.1) is 0 Å². The van der Waals surface area contributed by atoms with E-state index in [1.54, 1.807) is 0 Å². The van der Waals surface area contributed by atoms with Crippen LogP contribution in [0.5, 0.6) is 0 Å². The number of hydrogen-bond donors (Lipinski definition) is 0. The molecule has 0 fully saturated rings. The summed E-state index contributed by atoms with van der Waals surface area (Å²) in [7, 11) is 0. The molecule has 0 nitrogen and oxygen atoms in total. The molecule has 0 atom stereocenters. The van der Waals surface area contributed by atoms with E-state index in [9.17, 15) is 0 Å². The summed E-state index contributed by atoms with van der Waals surface area (Å²) >= 11 is 0. The molecule has 4 heavy (non-hydrogen) atoms. The molecule has 0 unspecified atom stereocenters. The first-order chi connectivity index (χ1) is 0. The second kappa shape index (κ2) is 16.6. The van der Waals surface area contributed by atoms with E-state index in [2.05, 4.69) is 0 Å². The molecule has 0 N–H and O–H groups in total. The summed E-state index contributed by atoms with van der Waals surface area (Å²) in [6.45, 7) is 0. The van der Waals surface area contributed by atoms with Crippen molar-refractivity contribution in [2.24, 2.45) is 0 Å². The molecule has 0 rings (SSSR count). The van der Waals surface area contributed by atoms with Gasteiger partial charge in [0.25, 0.3) is 0 Å². The molecule has 0 aliphatic rings. The van der Waals surface area contributed by atoms with Gasteiger partial charge in [0.05, 0.1) is 0 Å². The van der Waals surface area contributed by atoms with Gasteiger partial charge in [0.2, 0.25) is 0 Å². The minimum absolute atomic E-state index is 0. The molecule has 0 bridgehead atoms. The maximum absolute atomic E-state index is 0. The SMILES string of the molecule is [Ag].[Bi].[Sn].[Zn]. The van der Waals surface area contributed by atoms with E-state index in [4.69, 9.17) is 0 Å². The van der Waals surface area contributed by atoms with Crippen molar-refractivity contribution < 1.29 is 41.9 Å². The van der Waals surface area contributed by atoms with Crippen molar-refractivity contribution in [3.8, 4) is 0 Å². The fraction of sp³-hybridized carbons (Fsp3) is 0. The van der Waals surface area contributed by atoms with Crippen LogP contribution in [0.4, 0.5) is 0 Å². The van der Waals surface area contributed by atoms with Crippen LogP contribution in [0.3, 0.4) is 0 Å². The molecule has 0 aliphatic carbocycles. The first-order valence-corrected chi connectivity index (χ1v) is 0. The molecule has 0 aliphatic heterocycles. The van der Waals surface area contributed by atoms with Crippen molar-refractivity contribution in [3.05, 3.63) is 0 Å². The van der Waals surface area contributed by atoms with Gasteiger partial charge in [-0.05, 0) is 0 Å². The molecule has 4 heteroatoms. The Morgan fingerprint density at radius 3 is 1.00 bits per heavy atom. The summed E-state index contributed by atoms with van der Waals surface area (Å²) in [4.78, 5) is 0. The summed E-state index contributed by atoms with van der Waals surface area (Å²) in [5.41, 5.74) is 0. The topological polar surface area (TPSA) is 0 Å². The van der Waals surface area contributed by atoms with Gasteiger partial charge >= 0.3 is 0 Å². The van der Waals surface area contributed by atoms with Crippen LogP contribution in [-0.2, 0) is 41.9 Å². The van der Waals surface area contributed by atoms with Crippen LogP contribution in [0, 0.1) is 0 Å². The molecular weight excluding hydrogens is 501 g/mol. The van der Waals surface area contributed by atoms with Crippen LogP contribution < -0.4 is 0 Å². The van der Waals surface area contributed by atoms with E-state index < -0.39 is 0 Å². The largest absolute Gasteiger partial charge is 0 e. The zero-order valence-corrected chi connectivity index (χ0v) is 12.7. The fourth-order valence-corrected chi connectivity index (χ4v) is 0. The zero-order chi connectivity index (χ0) is 0. The number of hydrogen-bond acceptors (Lipinski definition) is 0. The summed E-state index contributed by atoms with van der Waals surface area (Å²) in [6, 6.07) is 0. The predicted molar refractivity (Wildman–Crippen MR) is 11.5 cm³/mol. The van der Waals surface area contributed by atoms with Crippen molar-refractivity contribution in [1.82, 2.24) is 0 Å². The molecule has 0 spiro atoms. The van der Waals surface area contributed by atoms with E-state index >= 15 is 0 Å². The Hall–Kier alpha value is 3.05. The maximum atomic E-state index is 0. The molecular formula is AgBiSnZn. The Balaban J connectivity index is 0. The van der Waals surface area contributed by atoms with Gasteiger partial charge in [-0.2, -0.15) is 0 Å². The Bertz CT molecular complexity index is 8.00. The van der Waals surface area contributed by atoms with Crippen LogP contribution >= 0.6 is 0 Å². The normalized spacial score (nSPS) is 0. The van der Waals surface area contributed by atoms with Gasteiger partial charge in [0.15, 0.2) is 0 Å². The van der Waals surface area contributed by atoms with Crippen LogP contribution in [0.2, 0.25) is 0 Å². The van der Waals surface area contributed by atoms with Crippen LogP contribution in [-0.4, -0.2) is 50.1 Å². The maximum Gasteiger partial charge on any atom is 0 e. The average Bonchev–Trinajstić information content (AvgIpc) is 0. The monoisotopic (exact) mass is 500 g/mol. The van der Waals surface area contributed by atoms with E-state index in [0.29, 0.717) is 0 Å². The summed E-state index contributed by atoms with van der Waals surface area (Å²) in [6.07, 6.45) is 0. The van der Waals surface area contributed by atoms with Crippen LogP contribution in [0.25, 0.3) is 0 Å². The standard InChI is InChI=1S/Ag.Bi.Sn.Zn. The minimum atomic E-state index is 0. The van der Waals surface area contributed by atoms with Gasteiger partial charge in [0, 0.05) is 92.0 Å². The molecule has 0 aromatic carbocycles. The van der Waals surface area contributed by atoms with E-state index in [0.717, 1.165) is 0 Å². The van der Waals surface area contributed by atoms with Gasteiger partial charge < -0.3 is 0 Å². The minimum Gasteiger partial charge on any atom is 0 e. The zero-order valence-electron chi connectivity index (χ0n) is 1.96. The Morgan fingerprint density at radius 2 is 1.00 bits per heavy atom. The van der Waals surface area contributed by atoms with E-state index in [-0.39, 0.29) is 92.0 Å². The second-order valence-electron chi connectivity index (χ2n) is 0. The first kappa shape index (κ1) is 27.8. The molecule has 0 amide bonds. The van der Waals surface area contributed by atoms with Crippen LogP contribution in [0.1, 0.15) is 0 Å². The van der Waals surface area contributed by atoms with Crippen molar-refractivity contribution in [3.63, 3.8) is 0 Å². The molecule has 0 aromatic rings. The third-order valence-corrected chi connectivity index (χ3v) is 0. The molecule has 0 saturated heterocycles. The first-order valence-electron chi connectivity index (χ1n) is 0. The van der Waals surface area contributed by atoms with E-state index in [1.165, 1.54) is 0 Å². The third kappa shape index (κ3) is 8.90. The Kier molecular flexibility index (Phi) is 115. The van der Waals surface area contributed by atoms with Gasteiger partial charge in [0.1, 0.15) is 0 Å².